The van der Waals surface area contributed by atoms with Crippen LogP contribution < -0.4 is 15.2 Å². The van der Waals surface area contributed by atoms with Crippen molar-refractivity contribution in [2.75, 3.05) is 18.5 Å². The SMILES string of the molecule is N#Cc1cc(S(N)(=O)=O)ccc1NCCOc1cccc(F)c1. The molecule has 0 aromatic heterocycles. The molecule has 2 aromatic rings. The van der Waals surface area contributed by atoms with Crippen molar-refractivity contribution in [2.45, 2.75) is 4.90 Å². The zero-order valence-electron chi connectivity index (χ0n) is 12.0. The molecule has 0 aliphatic heterocycles. The number of nitrogens with one attached hydrogen (secondary N) is 1. The third-order valence-electron chi connectivity index (χ3n) is 2.92. The second-order valence-corrected chi connectivity index (χ2v) is 6.16. The Kier molecular flexibility index (Phi) is 5.16. The summed E-state index contributed by atoms with van der Waals surface area (Å²) in [5.74, 6) is 0.0117. The van der Waals surface area contributed by atoms with Gasteiger partial charge in [0.05, 0.1) is 16.1 Å². The lowest BCUT2D eigenvalue weighted by Gasteiger charge is -2.10. The molecule has 0 saturated carbocycles. The fourth-order valence-corrected chi connectivity index (χ4v) is 2.40. The van der Waals surface area contributed by atoms with E-state index in [9.17, 15) is 12.8 Å². The molecule has 120 valence electrons. The highest BCUT2D eigenvalue weighted by molar-refractivity contribution is 7.89. The molecule has 0 amide bonds. The normalized spacial score (nSPS) is 10.8. The molecule has 2 aromatic carbocycles. The summed E-state index contributed by atoms with van der Waals surface area (Å²) in [6.07, 6.45) is 0. The maximum absolute atomic E-state index is 13.0. The van der Waals surface area contributed by atoms with Crippen LogP contribution in [0.2, 0.25) is 0 Å². The van der Waals surface area contributed by atoms with E-state index in [1.165, 1.54) is 36.4 Å². The first-order valence-electron chi connectivity index (χ1n) is 6.59. The molecule has 3 N–H and O–H groups in total. The van der Waals surface area contributed by atoms with Crippen LogP contribution in [-0.4, -0.2) is 21.6 Å². The van der Waals surface area contributed by atoms with E-state index in [-0.39, 0.29) is 22.9 Å². The number of anilines is 1. The van der Waals surface area contributed by atoms with Gasteiger partial charge >= 0.3 is 0 Å². The number of nitrogens with zero attached hydrogens (tertiary/aromatic N) is 1. The Morgan fingerprint density at radius 1 is 1.26 bits per heavy atom. The average molecular weight is 335 g/mol. The van der Waals surface area contributed by atoms with Crippen molar-refractivity contribution in [1.82, 2.24) is 0 Å². The predicted octanol–water partition coefficient (Wildman–Crippen LogP) is 1.84. The van der Waals surface area contributed by atoms with Gasteiger partial charge in [-0.05, 0) is 30.3 Å². The molecule has 8 heteroatoms. The van der Waals surface area contributed by atoms with Crippen LogP contribution in [0.15, 0.2) is 47.4 Å². The number of hydrogen-bond donors (Lipinski definition) is 2. The molecule has 0 aliphatic rings. The predicted molar refractivity (Wildman–Crippen MR) is 82.9 cm³/mol. The van der Waals surface area contributed by atoms with Gasteiger partial charge in [-0.3, -0.25) is 0 Å². The van der Waals surface area contributed by atoms with E-state index >= 15 is 0 Å². The minimum Gasteiger partial charge on any atom is -0.492 e. The van der Waals surface area contributed by atoms with Crippen molar-refractivity contribution >= 4 is 15.7 Å². The summed E-state index contributed by atoms with van der Waals surface area (Å²) in [6.45, 7) is 0.588. The second-order valence-electron chi connectivity index (χ2n) is 4.60. The fraction of sp³-hybridized carbons (Fsp3) is 0.133. The summed E-state index contributed by atoms with van der Waals surface area (Å²) in [4.78, 5) is -0.129. The van der Waals surface area contributed by atoms with E-state index in [0.29, 0.717) is 18.0 Å². The van der Waals surface area contributed by atoms with Gasteiger partial charge in [0.1, 0.15) is 24.2 Å². The van der Waals surface area contributed by atoms with Gasteiger partial charge in [-0.15, -0.1) is 0 Å². The molecule has 0 aliphatic carbocycles. The van der Waals surface area contributed by atoms with Crippen LogP contribution in [0.3, 0.4) is 0 Å². The van der Waals surface area contributed by atoms with E-state index in [1.54, 1.807) is 6.07 Å². The van der Waals surface area contributed by atoms with E-state index in [0.717, 1.165) is 0 Å². The Hall–Kier alpha value is -2.63. The van der Waals surface area contributed by atoms with Gasteiger partial charge < -0.3 is 10.1 Å². The van der Waals surface area contributed by atoms with Gasteiger partial charge in [0.25, 0.3) is 0 Å². The number of hydrogen-bond acceptors (Lipinski definition) is 5. The number of primary sulfonamides is 1. The molecule has 0 saturated heterocycles. The van der Waals surface area contributed by atoms with Gasteiger partial charge in [0.15, 0.2) is 0 Å². The minimum atomic E-state index is -3.86. The van der Waals surface area contributed by atoms with Crippen molar-refractivity contribution in [1.29, 1.82) is 5.26 Å². The number of nitriles is 1. The molecule has 2 rings (SSSR count). The largest absolute Gasteiger partial charge is 0.492 e. The lowest BCUT2D eigenvalue weighted by Crippen LogP contribution is -2.14. The molecule has 0 bridgehead atoms. The van der Waals surface area contributed by atoms with Crippen molar-refractivity contribution in [3.8, 4) is 11.8 Å². The molecular weight excluding hydrogens is 321 g/mol. The third-order valence-corrected chi connectivity index (χ3v) is 3.83. The standard InChI is InChI=1S/C15H14FN3O3S/c16-12-2-1-3-13(9-12)22-7-6-19-15-5-4-14(23(18,20)21)8-11(15)10-17/h1-5,8-9,19H,6-7H2,(H2,18,20,21). The molecule has 0 radical (unpaired) electrons. The molecule has 6 nitrogen and oxygen atoms in total. The average Bonchev–Trinajstić information content (AvgIpc) is 2.50. The van der Waals surface area contributed by atoms with Crippen LogP contribution in [0.1, 0.15) is 5.56 Å². The highest BCUT2D eigenvalue weighted by atomic mass is 32.2. The van der Waals surface area contributed by atoms with Gasteiger partial charge in [-0.25, -0.2) is 17.9 Å². The number of halogens is 1. The molecule has 0 spiro atoms. The monoisotopic (exact) mass is 335 g/mol. The number of benzene rings is 2. The number of sulfonamides is 1. The molecule has 0 fully saturated rings. The maximum atomic E-state index is 13.0. The first-order chi connectivity index (χ1) is 10.9. The smallest absolute Gasteiger partial charge is 0.238 e. The van der Waals surface area contributed by atoms with Crippen LogP contribution in [0.25, 0.3) is 0 Å². The molecule has 0 atom stereocenters. The highest BCUT2D eigenvalue weighted by Gasteiger charge is 2.11. The maximum Gasteiger partial charge on any atom is 0.238 e. The summed E-state index contributed by atoms with van der Waals surface area (Å²) in [5.41, 5.74) is 0.616. The highest BCUT2D eigenvalue weighted by Crippen LogP contribution is 2.19. The lowest BCUT2D eigenvalue weighted by molar-refractivity contribution is 0.331. The van der Waals surface area contributed by atoms with Crippen LogP contribution in [-0.2, 0) is 10.0 Å². The van der Waals surface area contributed by atoms with Crippen LogP contribution in [0, 0.1) is 17.1 Å². The Labute approximate surface area is 133 Å². The van der Waals surface area contributed by atoms with Crippen molar-refractivity contribution in [3.63, 3.8) is 0 Å². The number of ether oxygens (including phenoxy) is 1. The molecular formula is C15H14FN3O3S. The van der Waals surface area contributed by atoms with Crippen molar-refractivity contribution in [3.05, 3.63) is 53.8 Å². The quantitative estimate of drug-likeness (QED) is 0.784. The topological polar surface area (TPSA) is 105 Å². The summed E-state index contributed by atoms with van der Waals surface area (Å²) >= 11 is 0. The van der Waals surface area contributed by atoms with E-state index in [2.05, 4.69) is 5.32 Å². The number of nitrogens with two attached hydrogens (primary N) is 1. The first-order valence-corrected chi connectivity index (χ1v) is 8.14. The van der Waals surface area contributed by atoms with E-state index < -0.39 is 10.0 Å². The van der Waals surface area contributed by atoms with Crippen LogP contribution >= 0.6 is 0 Å². The van der Waals surface area contributed by atoms with Crippen molar-refractivity contribution in [2.24, 2.45) is 5.14 Å². The van der Waals surface area contributed by atoms with Crippen LogP contribution in [0.4, 0.5) is 10.1 Å². The summed E-state index contributed by atoms with van der Waals surface area (Å²) in [7, 11) is -3.86. The zero-order chi connectivity index (χ0) is 16.9. The summed E-state index contributed by atoms with van der Waals surface area (Å²) in [6, 6.07) is 11.6. The Morgan fingerprint density at radius 2 is 2.04 bits per heavy atom. The number of rotatable bonds is 6. The molecule has 0 heterocycles. The van der Waals surface area contributed by atoms with Gasteiger partial charge in [0.2, 0.25) is 10.0 Å². The van der Waals surface area contributed by atoms with E-state index in [1.807, 2.05) is 6.07 Å². The van der Waals surface area contributed by atoms with Crippen LogP contribution in [0.5, 0.6) is 5.75 Å². The summed E-state index contributed by atoms with van der Waals surface area (Å²) < 4.78 is 40.9. The minimum absolute atomic E-state index is 0.129. The van der Waals surface area contributed by atoms with Gasteiger partial charge in [0, 0.05) is 12.6 Å². The lowest BCUT2D eigenvalue weighted by atomic mass is 10.2. The first kappa shape index (κ1) is 16.7. The molecule has 0 unspecified atom stereocenters. The second kappa shape index (κ2) is 7.09. The third kappa shape index (κ3) is 4.67. The fourth-order valence-electron chi connectivity index (χ4n) is 1.86. The van der Waals surface area contributed by atoms with E-state index in [4.69, 9.17) is 15.1 Å². The van der Waals surface area contributed by atoms with Gasteiger partial charge in [-0.1, -0.05) is 6.07 Å². The Morgan fingerprint density at radius 3 is 2.70 bits per heavy atom. The summed E-state index contributed by atoms with van der Waals surface area (Å²) in [5, 5.41) is 17.0. The van der Waals surface area contributed by atoms with Crippen molar-refractivity contribution < 1.29 is 17.5 Å². The van der Waals surface area contributed by atoms with Gasteiger partial charge in [-0.2, -0.15) is 5.26 Å². The molecule has 23 heavy (non-hydrogen) atoms. The Balaban J connectivity index is 1.97. The Bertz CT molecular complexity index is 847. The zero-order valence-corrected chi connectivity index (χ0v) is 12.8.